The van der Waals surface area contributed by atoms with Gasteiger partial charge in [0.05, 0.1) is 4.88 Å². The molecule has 1 heterocycles. The molecule has 0 bridgehead atoms. The highest BCUT2D eigenvalue weighted by molar-refractivity contribution is 7.91. The third-order valence-corrected chi connectivity index (χ3v) is 7.59. The van der Waals surface area contributed by atoms with Crippen molar-refractivity contribution < 1.29 is 23.1 Å². The molecule has 8 heteroatoms. The van der Waals surface area contributed by atoms with Crippen molar-refractivity contribution in [2.75, 3.05) is 0 Å². The lowest BCUT2D eigenvalue weighted by molar-refractivity contribution is -0.140. The van der Waals surface area contributed by atoms with Crippen molar-refractivity contribution in [3.63, 3.8) is 0 Å². The first-order valence-corrected chi connectivity index (χ1v) is 10.6. The predicted octanol–water partition coefficient (Wildman–Crippen LogP) is 3.02. The molecule has 0 aliphatic heterocycles. The van der Waals surface area contributed by atoms with Crippen molar-refractivity contribution in [3.8, 4) is 0 Å². The molecule has 3 rings (SSSR count). The van der Waals surface area contributed by atoms with Crippen molar-refractivity contribution >= 4 is 33.1 Å². The van der Waals surface area contributed by atoms with Gasteiger partial charge in [-0.2, -0.15) is 4.72 Å². The van der Waals surface area contributed by atoms with E-state index in [9.17, 15) is 23.1 Å². The molecular formula is C18H19NO5S2. The maximum atomic E-state index is 12.7. The van der Waals surface area contributed by atoms with E-state index in [1.165, 1.54) is 12.1 Å². The number of benzene rings is 1. The van der Waals surface area contributed by atoms with Crippen molar-refractivity contribution in [2.45, 2.75) is 41.9 Å². The highest BCUT2D eigenvalue weighted by Gasteiger charge is 2.63. The Balaban J connectivity index is 1.84. The fourth-order valence-electron chi connectivity index (χ4n) is 3.00. The number of carboxylic acid groups (broad SMARTS) is 1. The number of carbonyl (C=O) groups is 2. The first kappa shape index (κ1) is 18.8. The lowest BCUT2D eigenvalue weighted by Crippen LogP contribution is -2.44. The summed E-state index contributed by atoms with van der Waals surface area (Å²) in [7, 11) is -4.03. The summed E-state index contributed by atoms with van der Waals surface area (Å²) in [5, 5.41) is 9.63. The SMILES string of the molecule is CCCC(=O)c1ccc(S(=O)(=O)NC2(C(=O)O)CC2c2ccccc2)s1. The average molecular weight is 393 g/mol. The van der Waals surface area contributed by atoms with E-state index in [0.29, 0.717) is 17.7 Å². The summed E-state index contributed by atoms with van der Waals surface area (Å²) in [6.07, 6.45) is 1.22. The van der Waals surface area contributed by atoms with Gasteiger partial charge in [0.25, 0.3) is 10.0 Å². The largest absolute Gasteiger partial charge is 0.480 e. The number of nitrogens with one attached hydrogen (secondary N) is 1. The van der Waals surface area contributed by atoms with Gasteiger partial charge in [-0.15, -0.1) is 11.3 Å². The van der Waals surface area contributed by atoms with E-state index in [0.717, 1.165) is 16.9 Å². The van der Waals surface area contributed by atoms with Crippen molar-refractivity contribution in [1.29, 1.82) is 0 Å². The summed E-state index contributed by atoms with van der Waals surface area (Å²) in [6.45, 7) is 1.87. The van der Waals surface area contributed by atoms with E-state index in [-0.39, 0.29) is 16.4 Å². The number of rotatable bonds is 8. The molecule has 1 saturated carbocycles. The maximum Gasteiger partial charge on any atom is 0.325 e. The van der Waals surface area contributed by atoms with E-state index in [4.69, 9.17) is 0 Å². The second-order valence-electron chi connectivity index (χ2n) is 6.34. The van der Waals surface area contributed by atoms with Gasteiger partial charge in [-0.25, -0.2) is 8.42 Å². The fraction of sp³-hybridized carbons (Fsp3) is 0.333. The lowest BCUT2D eigenvalue weighted by Gasteiger charge is -2.14. The molecular weight excluding hydrogens is 374 g/mol. The Labute approximate surface area is 155 Å². The van der Waals surface area contributed by atoms with Crippen molar-refractivity contribution in [1.82, 2.24) is 4.72 Å². The van der Waals surface area contributed by atoms with Gasteiger partial charge >= 0.3 is 5.97 Å². The van der Waals surface area contributed by atoms with Gasteiger partial charge in [-0.05, 0) is 30.5 Å². The smallest absolute Gasteiger partial charge is 0.325 e. The van der Waals surface area contributed by atoms with Crippen LogP contribution in [0.5, 0.6) is 0 Å². The molecule has 1 aliphatic carbocycles. The maximum absolute atomic E-state index is 12.7. The topological polar surface area (TPSA) is 101 Å². The van der Waals surface area contributed by atoms with Gasteiger partial charge in [0.2, 0.25) is 0 Å². The molecule has 1 aromatic heterocycles. The number of carboxylic acids is 1. The second-order valence-corrected chi connectivity index (χ2v) is 9.33. The molecule has 0 saturated heterocycles. The third-order valence-electron chi connectivity index (χ3n) is 4.46. The number of ketones is 1. The second kappa shape index (κ2) is 6.94. The number of hydrogen-bond donors (Lipinski definition) is 2. The van der Waals surface area contributed by atoms with E-state index in [1.807, 2.05) is 13.0 Å². The van der Waals surface area contributed by atoms with Crippen LogP contribution in [0.1, 0.15) is 47.3 Å². The summed E-state index contributed by atoms with van der Waals surface area (Å²) < 4.78 is 27.7. The summed E-state index contributed by atoms with van der Waals surface area (Å²) >= 11 is 0.872. The van der Waals surface area contributed by atoms with Gasteiger partial charge in [-0.1, -0.05) is 37.3 Å². The molecule has 2 atom stereocenters. The first-order valence-electron chi connectivity index (χ1n) is 8.25. The molecule has 0 amide bonds. The van der Waals surface area contributed by atoms with Gasteiger partial charge in [-0.3, -0.25) is 9.59 Å². The molecule has 1 aliphatic rings. The Bertz CT molecular complexity index is 936. The van der Waals surface area contributed by atoms with Crippen LogP contribution in [0.4, 0.5) is 0 Å². The number of carbonyl (C=O) groups excluding carboxylic acids is 1. The predicted molar refractivity (Wildman–Crippen MR) is 98.0 cm³/mol. The van der Waals surface area contributed by atoms with Gasteiger partial charge in [0.15, 0.2) is 5.78 Å². The van der Waals surface area contributed by atoms with Gasteiger partial charge in [0, 0.05) is 12.3 Å². The third kappa shape index (κ3) is 3.44. The lowest BCUT2D eigenvalue weighted by atomic mass is 10.1. The molecule has 2 unspecified atom stereocenters. The molecule has 2 aromatic rings. The van der Waals surface area contributed by atoms with E-state index < -0.39 is 27.4 Å². The summed E-state index contributed by atoms with van der Waals surface area (Å²) in [5.74, 6) is -1.73. The summed E-state index contributed by atoms with van der Waals surface area (Å²) in [6, 6.07) is 11.8. The number of aliphatic carboxylic acids is 1. The van der Waals surface area contributed by atoms with Gasteiger partial charge in [0.1, 0.15) is 9.75 Å². The Hall–Kier alpha value is -2.03. The minimum absolute atomic E-state index is 0.0451. The quantitative estimate of drug-likeness (QED) is 0.672. The van der Waals surface area contributed by atoms with Crippen LogP contribution < -0.4 is 4.72 Å². The highest BCUT2D eigenvalue weighted by Crippen LogP contribution is 2.52. The average Bonchev–Trinajstić information content (AvgIpc) is 3.10. The van der Waals surface area contributed by atoms with Crippen LogP contribution in [-0.4, -0.2) is 30.8 Å². The van der Waals surface area contributed by atoms with E-state index in [2.05, 4.69) is 4.72 Å². The van der Waals surface area contributed by atoms with Crippen LogP contribution in [0, 0.1) is 0 Å². The molecule has 6 nitrogen and oxygen atoms in total. The van der Waals surface area contributed by atoms with Crippen molar-refractivity contribution in [3.05, 3.63) is 52.9 Å². The molecule has 26 heavy (non-hydrogen) atoms. The molecule has 2 N–H and O–H groups in total. The standard InChI is InChI=1S/C18H19NO5S2/c1-2-6-14(20)15-9-10-16(25-15)26(23,24)19-18(17(21)22)11-13(18)12-7-4-3-5-8-12/h3-5,7-10,13,19H,2,6,11H2,1H3,(H,21,22). The van der Waals surface area contributed by atoms with Gasteiger partial charge < -0.3 is 5.11 Å². The molecule has 1 aromatic carbocycles. The van der Waals surface area contributed by atoms with Crippen LogP contribution in [0.25, 0.3) is 0 Å². The number of thiophene rings is 1. The van der Waals surface area contributed by atoms with Crippen LogP contribution in [-0.2, 0) is 14.8 Å². The highest BCUT2D eigenvalue weighted by atomic mass is 32.2. The first-order chi connectivity index (χ1) is 12.3. The van der Waals surface area contributed by atoms with Crippen LogP contribution in [0.3, 0.4) is 0 Å². The Morgan fingerprint density at radius 1 is 1.23 bits per heavy atom. The Kier molecular flexibility index (Phi) is 5.01. The number of sulfonamides is 1. The Morgan fingerprint density at radius 3 is 2.54 bits per heavy atom. The zero-order valence-electron chi connectivity index (χ0n) is 14.1. The van der Waals surface area contributed by atoms with E-state index in [1.54, 1.807) is 24.3 Å². The fourth-order valence-corrected chi connectivity index (χ4v) is 5.68. The zero-order chi connectivity index (χ0) is 18.9. The van der Waals surface area contributed by atoms with Crippen molar-refractivity contribution in [2.24, 2.45) is 0 Å². The zero-order valence-corrected chi connectivity index (χ0v) is 15.8. The molecule has 138 valence electrons. The monoisotopic (exact) mass is 393 g/mol. The molecule has 0 spiro atoms. The van der Waals surface area contributed by atoms with E-state index >= 15 is 0 Å². The molecule has 1 fully saturated rings. The number of hydrogen-bond acceptors (Lipinski definition) is 5. The Morgan fingerprint density at radius 2 is 1.92 bits per heavy atom. The number of Topliss-reactive ketones (excluding diaryl/α,β-unsaturated/α-hetero) is 1. The van der Waals surface area contributed by atoms with Crippen LogP contribution in [0.2, 0.25) is 0 Å². The summed E-state index contributed by atoms with van der Waals surface area (Å²) in [5.41, 5.74) is -0.764. The normalized spacial score (nSPS) is 22.1. The van der Waals surface area contributed by atoms with Crippen LogP contribution >= 0.6 is 11.3 Å². The minimum atomic E-state index is -4.03. The minimum Gasteiger partial charge on any atom is -0.480 e. The summed E-state index contributed by atoms with van der Waals surface area (Å²) in [4.78, 5) is 24.1. The molecule has 0 radical (unpaired) electrons. The van der Waals surface area contributed by atoms with Crippen LogP contribution in [0.15, 0.2) is 46.7 Å².